The van der Waals surface area contributed by atoms with Crippen molar-refractivity contribution in [3.05, 3.63) is 71.5 Å². The maximum Gasteiger partial charge on any atom is 0.134 e. The van der Waals surface area contributed by atoms with Crippen molar-refractivity contribution in [3.63, 3.8) is 0 Å². The Kier molecular flexibility index (Phi) is 3.65. The largest absolute Gasteiger partial charge is 0.487 e. The average Bonchev–Trinajstić information content (AvgIpc) is 2.95. The Hall–Kier alpha value is -2.33. The van der Waals surface area contributed by atoms with Gasteiger partial charge in [0.2, 0.25) is 0 Å². The number of hydrogen-bond donors (Lipinski definition) is 0. The minimum atomic E-state index is 0.354. The quantitative estimate of drug-likeness (QED) is 0.736. The molecule has 4 nitrogen and oxygen atoms in total. The Bertz CT molecular complexity index is 697. The van der Waals surface area contributed by atoms with Crippen LogP contribution in [0.2, 0.25) is 5.02 Å². The summed E-state index contributed by atoms with van der Waals surface area (Å²) in [7, 11) is 0. The molecule has 0 atom stereocenters. The number of nitrogens with zero attached hydrogens (tertiary/aromatic N) is 3. The van der Waals surface area contributed by atoms with E-state index in [9.17, 15) is 0 Å². The Balaban J connectivity index is 1.69. The lowest BCUT2D eigenvalue weighted by atomic mass is 10.3. The lowest BCUT2D eigenvalue weighted by Crippen LogP contribution is -1.95. The van der Waals surface area contributed by atoms with Crippen LogP contribution in [0, 0.1) is 0 Å². The summed E-state index contributed by atoms with van der Waals surface area (Å²) in [5.41, 5.74) is 1.72. The third-order valence-corrected chi connectivity index (χ3v) is 2.98. The average molecular weight is 286 g/mol. The lowest BCUT2D eigenvalue weighted by molar-refractivity contribution is 0.301. The topological polar surface area (TPSA) is 39.9 Å². The van der Waals surface area contributed by atoms with E-state index in [1.165, 1.54) is 0 Å². The fourth-order valence-corrected chi connectivity index (χ4v) is 1.97. The van der Waals surface area contributed by atoms with Crippen LogP contribution in [-0.4, -0.2) is 15.0 Å². The Morgan fingerprint density at radius 2 is 1.90 bits per heavy atom. The van der Waals surface area contributed by atoms with Crippen molar-refractivity contribution in [1.82, 2.24) is 15.0 Å². The normalized spacial score (nSPS) is 10.4. The molecule has 0 aliphatic heterocycles. The first-order valence-electron chi connectivity index (χ1n) is 6.16. The van der Waals surface area contributed by atoms with Gasteiger partial charge in [-0.3, -0.25) is 0 Å². The molecule has 3 aromatic rings. The lowest BCUT2D eigenvalue weighted by Gasteiger charge is -2.03. The van der Waals surface area contributed by atoms with Crippen molar-refractivity contribution < 1.29 is 4.74 Å². The molecule has 100 valence electrons. The van der Waals surface area contributed by atoms with Gasteiger partial charge in [-0.25, -0.2) is 4.68 Å². The summed E-state index contributed by atoms with van der Waals surface area (Å²) in [5, 5.41) is 8.81. The number of hydrogen-bond acceptors (Lipinski definition) is 3. The van der Waals surface area contributed by atoms with Gasteiger partial charge in [0.25, 0.3) is 0 Å². The predicted molar refractivity (Wildman–Crippen MR) is 77.1 cm³/mol. The molecular weight excluding hydrogens is 274 g/mol. The van der Waals surface area contributed by atoms with Crippen LogP contribution in [-0.2, 0) is 6.61 Å². The molecule has 20 heavy (non-hydrogen) atoms. The molecular formula is C15H12ClN3O. The highest BCUT2D eigenvalue weighted by atomic mass is 35.5. The number of para-hydroxylation sites is 1. The third kappa shape index (κ3) is 2.97. The molecule has 1 heterocycles. The second kappa shape index (κ2) is 5.75. The zero-order valence-corrected chi connectivity index (χ0v) is 11.4. The summed E-state index contributed by atoms with van der Waals surface area (Å²) >= 11 is 5.90. The summed E-state index contributed by atoms with van der Waals surface area (Å²) in [5.74, 6) is 0.715. The number of rotatable bonds is 4. The SMILES string of the molecule is Clc1cccc(OCc2cn(-c3ccccc3)nn2)c1. The Morgan fingerprint density at radius 1 is 1.05 bits per heavy atom. The van der Waals surface area contributed by atoms with Gasteiger partial charge in [0, 0.05) is 5.02 Å². The minimum Gasteiger partial charge on any atom is -0.487 e. The summed E-state index contributed by atoms with van der Waals surface area (Å²) in [6.45, 7) is 0.354. The molecule has 2 aromatic carbocycles. The van der Waals surface area contributed by atoms with E-state index in [1.807, 2.05) is 48.7 Å². The number of benzene rings is 2. The minimum absolute atomic E-state index is 0.354. The molecule has 0 fully saturated rings. The van der Waals surface area contributed by atoms with Gasteiger partial charge in [0.1, 0.15) is 18.1 Å². The summed E-state index contributed by atoms with van der Waals surface area (Å²) < 4.78 is 7.34. The summed E-state index contributed by atoms with van der Waals surface area (Å²) in [6, 6.07) is 17.1. The molecule has 0 bridgehead atoms. The zero-order valence-electron chi connectivity index (χ0n) is 10.6. The summed E-state index contributed by atoms with van der Waals surface area (Å²) in [6.07, 6.45) is 1.85. The predicted octanol–water partition coefficient (Wildman–Crippen LogP) is 3.50. The van der Waals surface area contributed by atoms with E-state index < -0.39 is 0 Å². The highest BCUT2D eigenvalue weighted by molar-refractivity contribution is 6.30. The standard InChI is InChI=1S/C15H12ClN3O/c16-12-5-4-8-15(9-12)20-11-13-10-19(18-17-13)14-6-2-1-3-7-14/h1-10H,11H2. The number of ether oxygens (including phenoxy) is 1. The van der Waals surface area contributed by atoms with Crippen LogP contribution >= 0.6 is 11.6 Å². The molecule has 0 aliphatic carbocycles. The van der Waals surface area contributed by atoms with E-state index in [2.05, 4.69) is 10.3 Å². The van der Waals surface area contributed by atoms with Gasteiger partial charge in [-0.05, 0) is 30.3 Å². The molecule has 5 heteroatoms. The molecule has 0 unspecified atom stereocenters. The van der Waals surface area contributed by atoms with Gasteiger partial charge in [0.15, 0.2) is 0 Å². The molecule has 0 saturated heterocycles. The van der Waals surface area contributed by atoms with E-state index in [4.69, 9.17) is 16.3 Å². The first-order valence-corrected chi connectivity index (χ1v) is 6.54. The van der Waals surface area contributed by atoms with Gasteiger partial charge in [-0.1, -0.05) is 41.1 Å². The van der Waals surface area contributed by atoms with Crippen LogP contribution in [0.25, 0.3) is 5.69 Å². The van der Waals surface area contributed by atoms with Crippen LogP contribution in [0.15, 0.2) is 60.8 Å². The number of halogens is 1. The Labute approximate surface area is 121 Å². The summed E-state index contributed by atoms with van der Waals surface area (Å²) in [4.78, 5) is 0. The highest BCUT2D eigenvalue weighted by Gasteiger charge is 2.03. The van der Waals surface area contributed by atoms with E-state index >= 15 is 0 Å². The maximum atomic E-state index is 5.90. The van der Waals surface area contributed by atoms with Crippen LogP contribution in [0.3, 0.4) is 0 Å². The first-order chi connectivity index (χ1) is 9.81. The zero-order chi connectivity index (χ0) is 13.8. The first kappa shape index (κ1) is 12.7. The van der Waals surface area contributed by atoms with Crippen molar-refractivity contribution in [3.8, 4) is 11.4 Å². The molecule has 0 N–H and O–H groups in total. The van der Waals surface area contributed by atoms with Gasteiger partial charge >= 0.3 is 0 Å². The fraction of sp³-hybridized carbons (Fsp3) is 0.0667. The molecule has 0 spiro atoms. The second-order valence-electron chi connectivity index (χ2n) is 4.24. The molecule has 1 aromatic heterocycles. The van der Waals surface area contributed by atoms with E-state index in [0.29, 0.717) is 17.4 Å². The van der Waals surface area contributed by atoms with Crippen LogP contribution in [0.5, 0.6) is 5.75 Å². The second-order valence-corrected chi connectivity index (χ2v) is 4.67. The molecule has 0 radical (unpaired) electrons. The molecule has 0 aliphatic rings. The maximum absolute atomic E-state index is 5.90. The van der Waals surface area contributed by atoms with Crippen molar-refractivity contribution in [1.29, 1.82) is 0 Å². The molecule has 3 rings (SSSR count). The molecule has 0 amide bonds. The van der Waals surface area contributed by atoms with E-state index in [0.717, 1.165) is 11.4 Å². The van der Waals surface area contributed by atoms with Gasteiger partial charge in [-0.2, -0.15) is 0 Å². The van der Waals surface area contributed by atoms with Crippen molar-refractivity contribution >= 4 is 11.6 Å². The highest BCUT2D eigenvalue weighted by Crippen LogP contribution is 2.18. The smallest absolute Gasteiger partial charge is 0.134 e. The van der Waals surface area contributed by atoms with Crippen molar-refractivity contribution in [2.75, 3.05) is 0 Å². The monoisotopic (exact) mass is 285 g/mol. The van der Waals surface area contributed by atoms with Crippen LogP contribution in [0.1, 0.15) is 5.69 Å². The van der Waals surface area contributed by atoms with Crippen LogP contribution < -0.4 is 4.74 Å². The van der Waals surface area contributed by atoms with Crippen molar-refractivity contribution in [2.45, 2.75) is 6.61 Å². The van der Waals surface area contributed by atoms with Crippen molar-refractivity contribution in [2.24, 2.45) is 0 Å². The van der Waals surface area contributed by atoms with E-state index in [1.54, 1.807) is 16.8 Å². The fourth-order valence-electron chi connectivity index (χ4n) is 1.79. The van der Waals surface area contributed by atoms with Gasteiger partial charge in [0.05, 0.1) is 11.9 Å². The van der Waals surface area contributed by atoms with Crippen LogP contribution in [0.4, 0.5) is 0 Å². The third-order valence-electron chi connectivity index (χ3n) is 2.74. The Morgan fingerprint density at radius 3 is 2.70 bits per heavy atom. The van der Waals surface area contributed by atoms with Gasteiger partial charge in [-0.15, -0.1) is 5.10 Å². The van der Waals surface area contributed by atoms with E-state index in [-0.39, 0.29) is 0 Å². The number of aromatic nitrogens is 3. The molecule has 0 saturated carbocycles. The van der Waals surface area contributed by atoms with Gasteiger partial charge < -0.3 is 4.74 Å².